The molecule has 0 bridgehead atoms. The zero-order valence-corrected chi connectivity index (χ0v) is 14.9. The molecule has 2 rings (SSSR count). The van der Waals surface area contributed by atoms with Crippen molar-refractivity contribution >= 4 is 17.7 Å². The lowest BCUT2D eigenvalue weighted by atomic mass is 10.2. The molecule has 0 fully saturated rings. The molecule has 0 amide bonds. The number of para-hydroxylation sites is 1. The minimum atomic E-state index is -2.84. The van der Waals surface area contributed by atoms with Crippen LogP contribution in [0.3, 0.4) is 0 Å². The smallest absolute Gasteiger partial charge is 0.387 e. The fourth-order valence-electron chi connectivity index (χ4n) is 2.19. The van der Waals surface area contributed by atoms with Crippen LogP contribution in [-0.2, 0) is 13.1 Å². The summed E-state index contributed by atoms with van der Waals surface area (Å²) in [4.78, 5) is 5.35. The first kappa shape index (κ1) is 19.1. The summed E-state index contributed by atoms with van der Waals surface area (Å²) in [6.07, 6.45) is 2.04. The predicted molar refractivity (Wildman–Crippen MR) is 98.3 cm³/mol. The lowest BCUT2D eigenvalue weighted by molar-refractivity contribution is -0.0504. The van der Waals surface area contributed by atoms with Gasteiger partial charge in [-0.25, -0.2) is 0 Å². The average molecular weight is 365 g/mol. The van der Waals surface area contributed by atoms with Gasteiger partial charge in [-0.05, 0) is 30.0 Å². The molecule has 0 heterocycles. The van der Waals surface area contributed by atoms with Crippen LogP contribution in [0.1, 0.15) is 11.1 Å². The molecule has 0 radical (unpaired) electrons. The molecule has 2 aromatic rings. The van der Waals surface area contributed by atoms with Gasteiger partial charge in [0, 0.05) is 30.6 Å². The van der Waals surface area contributed by atoms with Crippen molar-refractivity contribution in [2.24, 2.45) is 4.99 Å². The zero-order chi connectivity index (χ0) is 18.1. The second-order valence-electron chi connectivity index (χ2n) is 5.11. The molecule has 0 saturated heterocycles. The van der Waals surface area contributed by atoms with Gasteiger partial charge in [0.05, 0.1) is 0 Å². The molecule has 0 saturated carbocycles. The van der Waals surface area contributed by atoms with Gasteiger partial charge in [0.1, 0.15) is 5.75 Å². The van der Waals surface area contributed by atoms with Gasteiger partial charge in [0.2, 0.25) is 0 Å². The topological polar surface area (TPSA) is 45.7 Å². The summed E-state index contributed by atoms with van der Waals surface area (Å²) < 4.78 is 29.4. The Bertz CT molecular complexity index is 693. The van der Waals surface area contributed by atoms with E-state index in [2.05, 4.69) is 44.6 Å². The van der Waals surface area contributed by atoms with Gasteiger partial charge in [-0.3, -0.25) is 4.99 Å². The van der Waals surface area contributed by atoms with Crippen molar-refractivity contribution in [1.82, 2.24) is 10.6 Å². The summed E-state index contributed by atoms with van der Waals surface area (Å²) >= 11 is 1.70. The van der Waals surface area contributed by atoms with Gasteiger partial charge >= 0.3 is 6.61 Å². The molecular formula is C18H21F2N3OS. The first-order chi connectivity index (χ1) is 12.1. The van der Waals surface area contributed by atoms with Gasteiger partial charge in [-0.2, -0.15) is 8.78 Å². The number of hydrogen-bond acceptors (Lipinski definition) is 3. The minimum Gasteiger partial charge on any atom is -0.434 e. The molecule has 2 aromatic carbocycles. The first-order valence-corrected chi connectivity index (χ1v) is 8.95. The molecule has 4 nitrogen and oxygen atoms in total. The molecule has 134 valence electrons. The second-order valence-corrected chi connectivity index (χ2v) is 5.99. The Kier molecular flexibility index (Phi) is 7.53. The van der Waals surface area contributed by atoms with E-state index < -0.39 is 6.61 Å². The first-order valence-electron chi connectivity index (χ1n) is 7.72. The Morgan fingerprint density at radius 1 is 1.08 bits per heavy atom. The summed E-state index contributed by atoms with van der Waals surface area (Å²) in [5, 5.41) is 6.30. The van der Waals surface area contributed by atoms with Gasteiger partial charge < -0.3 is 15.4 Å². The molecule has 0 spiro atoms. The van der Waals surface area contributed by atoms with Crippen LogP contribution in [0, 0.1) is 0 Å². The lowest BCUT2D eigenvalue weighted by Crippen LogP contribution is -2.36. The third kappa shape index (κ3) is 6.26. The van der Waals surface area contributed by atoms with Crippen LogP contribution in [0.5, 0.6) is 5.75 Å². The van der Waals surface area contributed by atoms with E-state index in [0.717, 1.165) is 5.56 Å². The number of hydrogen-bond donors (Lipinski definition) is 2. The summed E-state index contributed by atoms with van der Waals surface area (Å²) in [6.45, 7) is -1.90. The van der Waals surface area contributed by atoms with E-state index in [1.165, 1.54) is 11.0 Å². The van der Waals surface area contributed by atoms with Crippen molar-refractivity contribution in [3.05, 3.63) is 59.7 Å². The highest BCUT2D eigenvalue weighted by atomic mass is 32.2. The Labute approximate surface area is 150 Å². The standard InChI is InChI=1S/C18H21F2N3OS/c1-21-18(22-11-13-7-9-15(25-2)10-8-13)23-12-14-5-3-4-6-16(14)24-17(19)20/h3-10,17H,11-12H2,1-2H3,(H2,21,22,23). The predicted octanol–water partition coefficient (Wildman–Crippen LogP) is 3.88. The zero-order valence-electron chi connectivity index (χ0n) is 14.1. The van der Waals surface area contributed by atoms with Gasteiger partial charge in [-0.15, -0.1) is 11.8 Å². The SMILES string of the molecule is CN=C(NCc1ccc(SC)cc1)NCc1ccccc1OC(F)F. The maximum Gasteiger partial charge on any atom is 0.387 e. The van der Waals surface area contributed by atoms with Crippen molar-refractivity contribution < 1.29 is 13.5 Å². The number of benzene rings is 2. The van der Waals surface area contributed by atoms with Gasteiger partial charge in [0.15, 0.2) is 5.96 Å². The van der Waals surface area contributed by atoms with Gasteiger partial charge in [0.25, 0.3) is 0 Å². The van der Waals surface area contributed by atoms with Crippen LogP contribution in [0.25, 0.3) is 0 Å². The monoisotopic (exact) mass is 365 g/mol. The molecule has 0 aliphatic heterocycles. The number of nitrogens with zero attached hydrogens (tertiary/aromatic N) is 1. The second kappa shape index (κ2) is 9.88. The summed E-state index contributed by atoms with van der Waals surface area (Å²) in [6, 6.07) is 14.9. The van der Waals surface area contributed by atoms with E-state index in [1.54, 1.807) is 37.0 Å². The molecule has 0 aliphatic rings. The molecular weight excluding hydrogens is 344 g/mol. The number of thioether (sulfide) groups is 1. The fourth-order valence-corrected chi connectivity index (χ4v) is 2.60. The van der Waals surface area contributed by atoms with Crippen molar-refractivity contribution in [3.8, 4) is 5.75 Å². The molecule has 0 unspecified atom stereocenters. The third-order valence-electron chi connectivity index (χ3n) is 3.48. The molecule has 25 heavy (non-hydrogen) atoms. The molecule has 2 N–H and O–H groups in total. The van der Waals surface area contributed by atoms with Crippen molar-refractivity contribution in [2.45, 2.75) is 24.6 Å². The Morgan fingerprint density at radius 2 is 1.76 bits per heavy atom. The van der Waals surface area contributed by atoms with E-state index >= 15 is 0 Å². The molecule has 0 atom stereocenters. The number of ether oxygens (including phenoxy) is 1. The average Bonchev–Trinajstić information content (AvgIpc) is 2.63. The highest BCUT2D eigenvalue weighted by Gasteiger charge is 2.09. The quantitative estimate of drug-likeness (QED) is 0.444. The number of rotatable bonds is 7. The van der Waals surface area contributed by atoms with Gasteiger partial charge in [-0.1, -0.05) is 30.3 Å². The van der Waals surface area contributed by atoms with Crippen LogP contribution >= 0.6 is 11.8 Å². The highest BCUT2D eigenvalue weighted by Crippen LogP contribution is 2.20. The van der Waals surface area contributed by atoms with Crippen molar-refractivity contribution in [1.29, 1.82) is 0 Å². The number of aliphatic imine (C=N–C) groups is 1. The fraction of sp³-hybridized carbons (Fsp3) is 0.278. The molecule has 7 heteroatoms. The molecule has 0 aliphatic carbocycles. The van der Waals surface area contributed by atoms with Crippen LogP contribution in [0.2, 0.25) is 0 Å². The maximum atomic E-state index is 12.4. The van der Waals surface area contributed by atoms with E-state index in [4.69, 9.17) is 0 Å². The van der Waals surface area contributed by atoms with E-state index in [0.29, 0.717) is 24.6 Å². The summed E-state index contributed by atoms with van der Waals surface area (Å²) in [5.74, 6) is 0.744. The van der Waals surface area contributed by atoms with Crippen molar-refractivity contribution in [2.75, 3.05) is 13.3 Å². The van der Waals surface area contributed by atoms with E-state index in [1.807, 2.05) is 6.26 Å². The maximum absolute atomic E-state index is 12.4. The van der Waals surface area contributed by atoms with E-state index in [-0.39, 0.29) is 5.75 Å². The van der Waals surface area contributed by atoms with Crippen LogP contribution in [0.15, 0.2) is 58.4 Å². The Morgan fingerprint density at radius 3 is 2.40 bits per heavy atom. The number of halogens is 2. The van der Waals surface area contributed by atoms with Crippen LogP contribution in [0.4, 0.5) is 8.78 Å². The van der Waals surface area contributed by atoms with Crippen molar-refractivity contribution in [3.63, 3.8) is 0 Å². The minimum absolute atomic E-state index is 0.160. The third-order valence-corrected chi connectivity index (χ3v) is 4.22. The number of nitrogens with one attached hydrogen (secondary N) is 2. The normalized spacial score (nSPS) is 11.5. The Hall–Kier alpha value is -2.28. The van der Waals surface area contributed by atoms with Crippen LogP contribution < -0.4 is 15.4 Å². The summed E-state index contributed by atoms with van der Waals surface area (Å²) in [7, 11) is 1.66. The van der Waals surface area contributed by atoms with E-state index in [9.17, 15) is 8.78 Å². The molecule has 0 aromatic heterocycles. The largest absolute Gasteiger partial charge is 0.434 e. The number of guanidine groups is 1. The summed E-state index contributed by atoms with van der Waals surface area (Å²) in [5.41, 5.74) is 1.76. The Balaban J connectivity index is 1.90. The highest BCUT2D eigenvalue weighted by molar-refractivity contribution is 7.98. The van der Waals surface area contributed by atoms with Crippen LogP contribution in [-0.4, -0.2) is 25.9 Å². The lowest BCUT2D eigenvalue weighted by Gasteiger charge is -2.14. The number of alkyl halides is 2.